The van der Waals surface area contributed by atoms with Crippen LogP contribution in [-0.2, 0) is 16.6 Å². The highest BCUT2D eigenvalue weighted by Gasteiger charge is 2.25. The average Bonchev–Trinajstić information content (AvgIpc) is 2.53. The summed E-state index contributed by atoms with van der Waals surface area (Å²) in [5, 5.41) is 6.42. The highest BCUT2D eigenvalue weighted by molar-refractivity contribution is 5.81. The molecule has 3 heteroatoms. The molecule has 2 N–H and O–H groups in total. The molecule has 3 nitrogen and oxygen atoms in total. The fourth-order valence-corrected chi connectivity index (χ4v) is 2.80. The van der Waals surface area contributed by atoms with Gasteiger partial charge in [-0.15, -0.1) is 0 Å². The van der Waals surface area contributed by atoms with Crippen molar-refractivity contribution in [1.82, 2.24) is 10.6 Å². The van der Waals surface area contributed by atoms with Gasteiger partial charge in [-0.3, -0.25) is 4.79 Å². The Balaban J connectivity index is 1.91. The minimum absolute atomic E-state index is 0.00276. The summed E-state index contributed by atoms with van der Waals surface area (Å²) < 4.78 is 0. The molecule has 2 rings (SSSR count). The summed E-state index contributed by atoms with van der Waals surface area (Å²) in [6.07, 6.45) is 4.34. The van der Waals surface area contributed by atoms with Crippen LogP contribution in [0.15, 0.2) is 24.3 Å². The first-order valence-corrected chi connectivity index (χ1v) is 8.13. The van der Waals surface area contributed by atoms with Gasteiger partial charge in [0.25, 0.3) is 0 Å². The zero-order chi connectivity index (χ0) is 15.3. The molecule has 116 valence electrons. The first-order chi connectivity index (χ1) is 10.0. The van der Waals surface area contributed by atoms with Crippen LogP contribution in [0, 0.1) is 0 Å². The van der Waals surface area contributed by atoms with Crippen molar-refractivity contribution in [3.8, 4) is 0 Å². The monoisotopic (exact) mass is 288 g/mol. The van der Waals surface area contributed by atoms with Gasteiger partial charge in [0.05, 0.1) is 6.04 Å². The Hall–Kier alpha value is -1.35. The molecule has 1 aliphatic rings. The lowest BCUT2D eigenvalue weighted by atomic mass is 9.84. The SMILES string of the molecule is CCc1ccc(C(C)(C)CNC(=O)C2CCCCN2)cc1. The Morgan fingerprint density at radius 3 is 2.57 bits per heavy atom. The molecule has 0 spiro atoms. The van der Waals surface area contributed by atoms with E-state index in [1.807, 2.05) is 0 Å². The molecule has 0 aromatic heterocycles. The van der Waals surface area contributed by atoms with Gasteiger partial charge in [-0.1, -0.05) is 51.5 Å². The number of nitrogens with one attached hydrogen (secondary N) is 2. The number of carbonyl (C=O) groups excluding carboxylic acids is 1. The minimum Gasteiger partial charge on any atom is -0.354 e. The van der Waals surface area contributed by atoms with E-state index in [0.29, 0.717) is 6.54 Å². The number of amides is 1. The van der Waals surface area contributed by atoms with Crippen LogP contribution in [-0.4, -0.2) is 25.0 Å². The van der Waals surface area contributed by atoms with Crippen LogP contribution in [0.3, 0.4) is 0 Å². The summed E-state index contributed by atoms with van der Waals surface area (Å²) in [5.74, 6) is 0.146. The van der Waals surface area contributed by atoms with Gasteiger partial charge in [-0.25, -0.2) is 0 Å². The van der Waals surface area contributed by atoms with Gasteiger partial charge in [0.1, 0.15) is 0 Å². The van der Waals surface area contributed by atoms with E-state index >= 15 is 0 Å². The van der Waals surface area contributed by atoms with Crippen LogP contribution in [0.25, 0.3) is 0 Å². The van der Waals surface area contributed by atoms with Gasteiger partial charge in [0.15, 0.2) is 0 Å². The van der Waals surface area contributed by atoms with Crippen molar-refractivity contribution >= 4 is 5.91 Å². The fraction of sp³-hybridized carbons (Fsp3) is 0.611. The van der Waals surface area contributed by atoms with Crippen LogP contribution in [0.4, 0.5) is 0 Å². The van der Waals surface area contributed by atoms with E-state index in [0.717, 1.165) is 25.8 Å². The lowest BCUT2D eigenvalue weighted by molar-refractivity contribution is -0.123. The molecule has 1 unspecified atom stereocenters. The second-order valence-corrected chi connectivity index (χ2v) is 6.65. The van der Waals surface area contributed by atoms with Crippen molar-refractivity contribution < 1.29 is 4.79 Å². The number of piperidine rings is 1. The van der Waals surface area contributed by atoms with Crippen LogP contribution in [0.2, 0.25) is 0 Å². The van der Waals surface area contributed by atoms with Crippen molar-refractivity contribution in [2.75, 3.05) is 13.1 Å². The van der Waals surface area contributed by atoms with Crippen LogP contribution < -0.4 is 10.6 Å². The summed E-state index contributed by atoms with van der Waals surface area (Å²) in [4.78, 5) is 12.2. The Kier molecular flexibility index (Phi) is 5.40. The maximum atomic E-state index is 12.2. The van der Waals surface area contributed by atoms with E-state index < -0.39 is 0 Å². The van der Waals surface area contributed by atoms with E-state index in [1.165, 1.54) is 17.5 Å². The Morgan fingerprint density at radius 2 is 2.00 bits per heavy atom. The molecule has 21 heavy (non-hydrogen) atoms. The molecule has 0 bridgehead atoms. The van der Waals surface area contributed by atoms with Gasteiger partial charge in [-0.05, 0) is 36.9 Å². The predicted molar refractivity (Wildman–Crippen MR) is 87.5 cm³/mol. The standard InChI is InChI=1S/C18H28N2O/c1-4-14-8-10-15(11-9-14)18(2,3)13-20-17(21)16-7-5-6-12-19-16/h8-11,16,19H,4-7,12-13H2,1-3H3,(H,20,21). The first-order valence-electron chi connectivity index (χ1n) is 8.13. The molecule has 0 radical (unpaired) electrons. The van der Waals surface area contributed by atoms with E-state index in [-0.39, 0.29) is 17.4 Å². The Bertz CT molecular complexity index is 459. The fourth-order valence-electron chi connectivity index (χ4n) is 2.80. The maximum absolute atomic E-state index is 12.2. The van der Waals surface area contributed by atoms with Crippen LogP contribution in [0.5, 0.6) is 0 Å². The highest BCUT2D eigenvalue weighted by Crippen LogP contribution is 2.23. The molecular formula is C18H28N2O. The third-order valence-corrected chi connectivity index (χ3v) is 4.48. The number of rotatable bonds is 5. The number of hydrogen-bond donors (Lipinski definition) is 2. The molecule has 0 aliphatic carbocycles. The molecule has 1 fully saturated rings. The zero-order valence-corrected chi connectivity index (χ0v) is 13.5. The predicted octanol–water partition coefficient (Wildman–Crippen LogP) is 2.78. The molecule has 1 atom stereocenters. The quantitative estimate of drug-likeness (QED) is 0.875. The molecular weight excluding hydrogens is 260 g/mol. The molecule has 1 heterocycles. The second-order valence-electron chi connectivity index (χ2n) is 6.65. The Morgan fingerprint density at radius 1 is 1.29 bits per heavy atom. The van der Waals surface area contributed by atoms with Crippen LogP contribution >= 0.6 is 0 Å². The third kappa shape index (κ3) is 4.31. The van der Waals surface area contributed by atoms with Gasteiger partial charge < -0.3 is 10.6 Å². The van der Waals surface area contributed by atoms with Crippen LogP contribution in [0.1, 0.15) is 51.2 Å². The molecule has 1 aliphatic heterocycles. The largest absolute Gasteiger partial charge is 0.354 e. The molecule has 0 saturated carbocycles. The average molecular weight is 288 g/mol. The third-order valence-electron chi connectivity index (χ3n) is 4.48. The summed E-state index contributed by atoms with van der Waals surface area (Å²) in [6.45, 7) is 8.16. The van der Waals surface area contributed by atoms with Gasteiger partial charge in [0.2, 0.25) is 5.91 Å². The lowest BCUT2D eigenvalue weighted by Crippen LogP contribution is -2.49. The molecule has 1 amide bonds. The van der Waals surface area contributed by atoms with Crippen molar-refractivity contribution in [3.63, 3.8) is 0 Å². The van der Waals surface area contributed by atoms with Crippen molar-refractivity contribution in [2.45, 2.75) is 57.9 Å². The van der Waals surface area contributed by atoms with Crippen molar-refractivity contribution in [3.05, 3.63) is 35.4 Å². The molecule has 1 aromatic rings. The van der Waals surface area contributed by atoms with E-state index in [1.54, 1.807) is 0 Å². The maximum Gasteiger partial charge on any atom is 0.237 e. The zero-order valence-electron chi connectivity index (χ0n) is 13.5. The van der Waals surface area contributed by atoms with Gasteiger partial charge >= 0.3 is 0 Å². The molecule has 1 saturated heterocycles. The summed E-state index contributed by atoms with van der Waals surface area (Å²) >= 11 is 0. The summed E-state index contributed by atoms with van der Waals surface area (Å²) in [6, 6.07) is 8.73. The lowest BCUT2D eigenvalue weighted by Gasteiger charge is -2.28. The number of benzene rings is 1. The topological polar surface area (TPSA) is 41.1 Å². The summed E-state index contributed by atoms with van der Waals surface area (Å²) in [5.41, 5.74) is 2.58. The van der Waals surface area contributed by atoms with E-state index in [4.69, 9.17) is 0 Å². The van der Waals surface area contributed by atoms with Crippen molar-refractivity contribution in [1.29, 1.82) is 0 Å². The number of hydrogen-bond acceptors (Lipinski definition) is 2. The minimum atomic E-state index is -0.0450. The van der Waals surface area contributed by atoms with Gasteiger partial charge in [0, 0.05) is 12.0 Å². The van der Waals surface area contributed by atoms with E-state index in [2.05, 4.69) is 55.7 Å². The second kappa shape index (κ2) is 7.08. The Labute approximate surface area is 128 Å². The molecule has 1 aromatic carbocycles. The first kappa shape index (κ1) is 16.0. The smallest absolute Gasteiger partial charge is 0.237 e. The number of carbonyl (C=O) groups is 1. The van der Waals surface area contributed by atoms with E-state index in [9.17, 15) is 4.79 Å². The van der Waals surface area contributed by atoms with Gasteiger partial charge in [-0.2, -0.15) is 0 Å². The van der Waals surface area contributed by atoms with Crippen molar-refractivity contribution in [2.24, 2.45) is 0 Å². The summed E-state index contributed by atoms with van der Waals surface area (Å²) in [7, 11) is 0. The normalized spacial score (nSPS) is 19.3. The highest BCUT2D eigenvalue weighted by atomic mass is 16.2. The number of aryl methyl sites for hydroxylation is 1.